The molecule has 10 aromatic rings. The number of rotatable bonds is 5. The summed E-state index contributed by atoms with van der Waals surface area (Å²) in [5, 5.41) is 6.46. The third-order valence-corrected chi connectivity index (χ3v) is 11.1. The molecule has 3 heterocycles. The smallest absolute Gasteiger partial charge is 0.164 e. The number of fused-ring (bicyclic) bond motifs is 7. The summed E-state index contributed by atoms with van der Waals surface area (Å²) in [5.41, 5.74) is 9.13. The number of hydrogen-bond donors (Lipinski definition) is 0. The molecule has 55 heavy (non-hydrogen) atoms. The monoisotopic (exact) mass is 707 g/mol. The van der Waals surface area contributed by atoms with Crippen molar-refractivity contribution < 1.29 is 8.83 Å². The third-order valence-electron chi connectivity index (χ3n) is 11.1. The molecule has 5 nitrogen and oxygen atoms in total. The maximum absolute atomic E-state index is 6.59. The highest BCUT2D eigenvalue weighted by Crippen LogP contribution is 2.42. The van der Waals surface area contributed by atoms with Crippen LogP contribution in [-0.2, 0) is 5.41 Å². The van der Waals surface area contributed by atoms with Crippen LogP contribution < -0.4 is 0 Å². The van der Waals surface area contributed by atoms with Crippen molar-refractivity contribution in [1.82, 2.24) is 15.0 Å². The molecule has 1 atom stereocenters. The van der Waals surface area contributed by atoms with E-state index in [2.05, 4.69) is 140 Å². The SMILES string of the molecule is CC1(c2nc(-c3ccc4ccccc4c3)nc(-c3cc(-c4ccc5oc6ccccc6c5c4)cc4oc5ccccc5c34)n2)C=CC(c2ccccc2)=CC1. The molecule has 0 fully saturated rings. The summed E-state index contributed by atoms with van der Waals surface area (Å²) in [4.78, 5) is 15.9. The topological polar surface area (TPSA) is 65.0 Å². The Labute approximate surface area is 316 Å². The lowest BCUT2D eigenvalue weighted by molar-refractivity contribution is 0.556. The van der Waals surface area contributed by atoms with Gasteiger partial charge in [0.1, 0.15) is 28.2 Å². The minimum absolute atomic E-state index is 0.468. The van der Waals surface area contributed by atoms with Gasteiger partial charge in [-0.2, -0.15) is 0 Å². The van der Waals surface area contributed by atoms with E-state index in [0.29, 0.717) is 11.6 Å². The normalized spacial score (nSPS) is 15.8. The van der Waals surface area contributed by atoms with Gasteiger partial charge in [-0.25, -0.2) is 15.0 Å². The molecule has 0 radical (unpaired) electrons. The first-order valence-corrected chi connectivity index (χ1v) is 18.6. The lowest BCUT2D eigenvalue weighted by Gasteiger charge is -2.27. The fraction of sp³-hybridized carbons (Fsp3) is 0.0600. The summed E-state index contributed by atoms with van der Waals surface area (Å²) >= 11 is 0. The zero-order valence-electron chi connectivity index (χ0n) is 30.0. The van der Waals surface area contributed by atoms with Gasteiger partial charge in [0.05, 0.1) is 0 Å². The first-order valence-electron chi connectivity index (χ1n) is 18.6. The molecule has 11 rings (SSSR count). The van der Waals surface area contributed by atoms with Crippen LogP contribution in [-0.4, -0.2) is 15.0 Å². The number of benzene rings is 7. The van der Waals surface area contributed by atoms with E-state index in [9.17, 15) is 0 Å². The minimum Gasteiger partial charge on any atom is -0.456 e. The maximum atomic E-state index is 6.59. The Morgan fingerprint density at radius 2 is 1.18 bits per heavy atom. The van der Waals surface area contributed by atoms with Crippen LogP contribution in [0.4, 0.5) is 0 Å². The van der Waals surface area contributed by atoms with Gasteiger partial charge < -0.3 is 8.83 Å². The van der Waals surface area contributed by atoms with Crippen molar-refractivity contribution in [2.75, 3.05) is 0 Å². The van der Waals surface area contributed by atoms with Crippen molar-refractivity contribution in [3.05, 3.63) is 181 Å². The summed E-state index contributed by atoms with van der Waals surface area (Å²) in [6.45, 7) is 2.22. The van der Waals surface area contributed by atoms with E-state index in [0.717, 1.165) is 83.8 Å². The number of hydrogen-bond acceptors (Lipinski definition) is 5. The first-order chi connectivity index (χ1) is 27.1. The van der Waals surface area contributed by atoms with E-state index in [1.807, 2.05) is 36.4 Å². The zero-order valence-corrected chi connectivity index (χ0v) is 30.0. The predicted molar refractivity (Wildman–Crippen MR) is 224 cm³/mol. The fourth-order valence-electron chi connectivity index (χ4n) is 8.05. The van der Waals surface area contributed by atoms with Crippen molar-refractivity contribution in [2.45, 2.75) is 18.8 Å². The number of furan rings is 2. The van der Waals surface area contributed by atoms with Crippen LogP contribution in [0.1, 0.15) is 24.7 Å². The molecule has 260 valence electrons. The van der Waals surface area contributed by atoms with Crippen molar-refractivity contribution in [2.24, 2.45) is 0 Å². The van der Waals surface area contributed by atoms with Crippen molar-refractivity contribution >= 4 is 60.2 Å². The van der Waals surface area contributed by atoms with Crippen LogP contribution in [0.5, 0.6) is 0 Å². The first kappa shape index (κ1) is 31.4. The second kappa shape index (κ2) is 12.2. The van der Waals surface area contributed by atoms with Gasteiger partial charge in [0, 0.05) is 38.1 Å². The standard InChI is InChI=1S/C50H33N3O2/c1-50(25-23-33(24-26-50)31-11-3-2-4-12-31)49-52-47(36-20-19-32-13-5-6-14-34(32)27-36)51-48(53-49)41-29-37(30-45-46(41)39-16-8-10-18-43(39)55-45)35-21-22-44-40(28-35)38-15-7-9-17-42(38)54-44/h2-25,27-30H,26H2,1H3. The molecule has 0 bridgehead atoms. The highest BCUT2D eigenvalue weighted by atomic mass is 16.3. The van der Waals surface area contributed by atoms with Crippen LogP contribution in [0.2, 0.25) is 0 Å². The van der Waals surface area contributed by atoms with Crippen molar-refractivity contribution in [1.29, 1.82) is 0 Å². The summed E-state index contributed by atoms with van der Waals surface area (Å²) in [7, 11) is 0. The van der Waals surface area contributed by atoms with Crippen molar-refractivity contribution in [3.63, 3.8) is 0 Å². The molecule has 3 aromatic heterocycles. The molecule has 0 aliphatic heterocycles. The number of para-hydroxylation sites is 2. The predicted octanol–water partition coefficient (Wildman–Crippen LogP) is 13.1. The second-order valence-corrected chi connectivity index (χ2v) is 14.7. The Hall–Kier alpha value is -7.11. The third kappa shape index (κ3) is 5.27. The van der Waals surface area contributed by atoms with Crippen LogP contribution in [0.3, 0.4) is 0 Å². The van der Waals surface area contributed by atoms with E-state index in [-0.39, 0.29) is 0 Å². The molecule has 5 heteroatoms. The van der Waals surface area contributed by atoms with Gasteiger partial charge in [0.25, 0.3) is 0 Å². The summed E-state index contributed by atoms with van der Waals surface area (Å²) < 4.78 is 12.8. The largest absolute Gasteiger partial charge is 0.456 e. The molecule has 0 spiro atoms. The molecule has 7 aromatic carbocycles. The van der Waals surface area contributed by atoms with Gasteiger partial charge in [-0.1, -0.05) is 127 Å². The van der Waals surface area contributed by atoms with Gasteiger partial charge in [-0.15, -0.1) is 0 Å². The van der Waals surface area contributed by atoms with Gasteiger partial charge >= 0.3 is 0 Å². The molecule has 1 aliphatic carbocycles. The number of allylic oxidation sites excluding steroid dienone is 4. The molecule has 1 unspecified atom stereocenters. The highest BCUT2D eigenvalue weighted by Gasteiger charge is 2.31. The van der Waals surface area contributed by atoms with E-state index in [1.54, 1.807) is 0 Å². The van der Waals surface area contributed by atoms with Crippen LogP contribution >= 0.6 is 0 Å². The lowest BCUT2D eigenvalue weighted by atomic mass is 9.80. The van der Waals surface area contributed by atoms with E-state index in [1.165, 1.54) is 16.5 Å². The van der Waals surface area contributed by atoms with Crippen LogP contribution in [0.25, 0.3) is 94.1 Å². The molecule has 0 N–H and O–H groups in total. The second-order valence-electron chi connectivity index (χ2n) is 14.7. The Bertz CT molecular complexity index is 3210. The van der Waals surface area contributed by atoms with Crippen LogP contribution in [0.15, 0.2) is 179 Å². The zero-order chi connectivity index (χ0) is 36.5. The van der Waals surface area contributed by atoms with E-state index in [4.69, 9.17) is 23.8 Å². The van der Waals surface area contributed by atoms with Gasteiger partial charge in [0.2, 0.25) is 0 Å². The summed E-state index contributed by atoms with van der Waals surface area (Å²) in [6, 6.07) is 52.4. The average molecular weight is 708 g/mol. The summed E-state index contributed by atoms with van der Waals surface area (Å²) in [5.74, 6) is 1.96. The Morgan fingerprint density at radius 3 is 2.02 bits per heavy atom. The molecule has 0 saturated carbocycles. The molecule has 1 aliphatic rings. The Balaban J connectivity index is 1.14. The van der Waals surface area contributed by atoms with E-state index < -0.39 is 5.41 Å². The number of aromatic nitrogens is 3. The van der Waals surface area contributed by atoms with Crippen LogP contribution in [0, 0.1) is 0 Å². The lowest BCUT2D eigenvalue weighted by Crippen LogP contribution is -2.24. The van der Waals surface area contributed by atoms with Crippen molar-refractivity contribution in [3.8, 4) is 33.9 Å². The maximum Gasteiger partial charge on any atom is 0.164 e. The molecular formula is C50H33N3O2. The van der Waals surface area contributed by atoms with Gasteiger partial charge in [-0.05, 0) is 88.8 Å². The van der Waals surface area contributed by atoms with E-state index >= 15 is 0 Å². The Kier molecular flexibility index (Phi) is 6.98. The molecule has 0 saturated heterocycles. The summed E-state index contributed by atoms with van der Waals surface area (Å²) in [6.07, 6.45) is 7.50. The minimum atomic E-state index is -0.468. The number of nitrogens with zero attached hydrogens (tertiary/aromatic N) is 3. The van der Waals surface area contributed by atoms with Gasteiger partial charge in [0.15, 0.2) is 11.6 Å². The molecular weight excluding hydrogens is 675 g/mol. The Morgan fingerprint density at radius 1 is 0.491 bits per heavy atom. The quantitative estimate of drug-likeness (QED) is 0.178. The average Bonchev–Trinajstić information content (AvgIpc) is 3.82. The molecule has 0 amide bonds. The fourth-order valence-corrected chi connectivity index (χ4v) is 8.05. The van der Waals surface area contributed by atoms with Gasteiger partial charge in [-0.3, -0.25) is 0 Å². The highest BCUT2D eigenvalue weighted by molar-refractivity contribution is 6.13.